The molecule has 0 aromatic heterocycles. The maximum Gasteiger partial charge on any atom is 0.320 e. The molecule has 3 saturated heterocycles. The fourth-order valence-electron chi connectivity index (χ4n) is 5.83. The van der Waals surface area contributed by atoms with Gasteiger partial charge in [-0.1, -0.05) is 0 Å². The van der Waals surface area contributed by atoms with Crippen LogP contribution in [0.25, 0.3) is 0 Å². The van der Waals surface area contributed by atoms with Crippen molar-refractivity contribution >= 4 is 46.6 Å². The van der Waals surface area contributed by atoms with Crippen molar-refractivity contribution < 1.29 is 29.0 Å². The summed E-state index contributed by atoms with van der Waals surface area (Å²) in [5.74, 6) is 10.8. The van der Waals surface area contributed by atoms with Gasteiger partial charge < -0.3 is 24.5 Å². The third-order valence-electron chi connectivity index (χ3n) is 8.44. The first-order valence-corrected chi connectivity index (χ1v) is 16.9. The van der Waals surface area contributed by atoms with Crippen LogP contribution in [0.15, 0.2) is 0 Å². The number of aliphatic carboxylic acids is 1. The highest BCUT2D eigenvalue weighted by molar-refractivity contribution is 14.1. The number of carboxylic acid groups (broad SMARTS) is 1. The van der Waals surface area contributed by atoms with Crippen LogP contribution in [0.5, 0.6) is 0 Å². The quantitative estimate of drug-likeness (QED) is 0.0595. The predicted molar refractivity (Wildman–Crippen MR) is 177 cm³/mol. The molecule has 0 aliphatic carbocycles. The number of carbonyl (C=O) groups excluding carboxylic acids is 3. The van der Waals surface area contributed by atoms with E-state index in [0.717, 1.165) is 0 Å². The second-order valence-electron chi connectivity index (χ2n) is 12.2. The van der Waals surface area contributed by atoms with E-state index in [1.165, 1.54) is 0 Å². The number of piperazine rings is 2. The molecule has 3 rings (SSSR count). The molecule has 1 atom stereocenters. The second kappa shape index (κ2) is 19.8. The number of morpholine rings is 1. The minimum Gasteiger partial charge on any atom is -0.480 e. The van der Waals surface area contributed by atoms with E-state index in [1.54, 1.807) is 13.1 Å². The maximum atomic E-state index is 12.8. The topological polar surface area (TPSA) is 176 Å². The van der Waals surface area contributed by atoms with Crippen LogP contribution in [0.2, 0.25) is 0 Å². The number of nitrogens with zero attached hydrogens (tertiary/aromatic N) is 8. The van der Waals surface area contributed by atoms with Crippen molar-refractivity contribution in [3.8, 4) is 0 Å². The van der Waals surface area contributed by atoms with Gasteiger partial charge in [0.25, 0.3) is 0 Å². The fraction of sp³-hybridized carbons (Fsp3) is 0.857. The van der Waals surface area contributed by atoms with Gasteiger partial charge in [-0.25, -0.2) is 13.1 Å². The Kier molecular flexibility index (Phi) is 16.6. The zero-order chi connectivity index (χ0) is 32.8. The Balaban J connectivity index is 1.56. The molecule has 0 saturated carbocycles. The van der Waals surface area contributed by atoms with Crippen molar-refractivity contribution in [2.24, 2.45) is 11.7 Å². The summed E-state index contributed by atoms with van der Waals surface area (Å²) in [5.41, 5.74) is 0. The lowest BCUT2D eigenvalue weighted by Gasteiger charge is -2.35. The number of carboxylic acids is 1. The lowest BCUT2D eigenvalue weighted by Crippen LogP contribution is -2.51. The number of hydrogen-bond acceptors (Lipinski definition) is 13. The summed E-state index contributed by atoms with van der Waals surface area (Å²) >= 11 is 2.04. The third kappa shape index (κ3) is 14.7. The van der Waals surface area contributed by atoms with Gasteiger partial charge in [-0.15, -0.1) is 0 Å². The van der Waals surface area contributed by atoms with Crippen LogP contribution < -0.4 is 11.7 Å². The summed E-state index contributed by atoms with van der Waals surface area (Å²) in [5, 5.41) is 12.6. The van der Waals surface area contributed by atoms with Crippen LogP contribution in [0.4, 0.5) is 0 Å². The first kappa shape index (κ1) is 37.7. The molecule has 0 bridgehead atoms. The normalized spacial score (nSPS) is 20.8. The molecular weight excluding hydrogens is 699 g/mol. The highest BCUT2D eigenvalue weighted by Crippen LogP contribution is 2.11. The number of rotatable bonds is 18. The number of ether oxygens (including phenoxy) is 1. The monoisotopic (exact) mass is 752 g/mol. The highest BCUT2D eigenvalue weighted by Gasteiger charge is 2.27. The molecule has 3 heterocycles. The number of amides is 2. The molecule has 3 aliphatic rings. The van der Waals surface area contributed by atoms with Gasteiger partial charge in [0.15, 0.2) is 0 Å². The number of hydrazine groups is 2. The SMILES string of the molecule is CN1CC(=O)OC(CN(CCCC(=O)N2CCN(N)CC2)CCN(CCCC(=O)N2CCN(N)CC2)CCN(I)CC(=O)O)C1. The van der Waals surface area contributed by atoms with Gasteiger partial charge in [0.1, 0.15) is 12.6 Å². The van der Waals surface area contributed by atoms with E-state index in [2.05, 4.69) is 9.80 Å². The standard InChI is InChI=1S/C28H53IN10O6/c1-32-20-24(45-28(44)23-32)21-34(7-3-5-26(41)36-13-18-39(31)19-14-36)9-8-33(10-15-37(29)22-27(42)43)6-2-4-25(40)35-11-16-38(30)17-12-35/h24H,2-23,30-31H2,1H3,(H,42,43). The molecule has 16 nitrogen and oxygen atoms in total. The molecule has 3 aliphatic heterocycles. The Morgan fingerprint density at radius 2 is 1.31 bits per heavy atom. The first-order chi connectivity index (χ1) is 21.5. The Morgan fingerprint density at radius 3 is 1.82 bits per heavy atom. The van der Waals surface area contributed by atoms with Crippen molar-refractivity contribution in [2.75, 3.05) is 125 Å². The maximum absolute atomic E-state index is 12.8. The van der Waals surface area contributed by atoms with Crippen molar-refractivity contribution in [3.63, 3.8) is 0 Å². The summed E-state index contributed by atoms with van der Waals surface area (Å²) in [4.78, 5) is 59.2. The highest BCUT2D eigenvalue weighted by atomic mass is 127. The van der Waals surface area contributed by atoms with Crippen LogP contribution in [0.1, 0.15) is 25.7 Å². The largest absolute Gasteiger partial charge is 0.480 e. The van der Waals surface area contributed by atoms with Gasteiger partial charge in [0, 0.05) is 127 Å². The Labute approximate surface area is 280 Å². The first-order valence-electron chi connectivity index (χ1n) is 16.0. The van der Waals surface area contributed by atoms with Crippen LogP contribution in [-0.2, 0) is 23.9 Å². The van der Waals surface area contributed by atoms with E-state index in [9.17, 15) is 24.3 Å². The summed E-state index contributed by atoms with van der Waals surface area (Å²) in [6.45, 7) is 10.6. The van der Waals surface area contributed by atoms with Gasteiger partial charge in [-0.05, 0) is 33.0 Å². The van der Waals surface area contributed by atoms with Crippen LogP contribution in [0.3, 0.4) is 0 Å². The lowest BCUT2D eigenvalue weighted by atomic mass is 10.2. The van der Waals surface area contributed by atoms with Crippen molar-refractivity contribution in [1.82, 2.24) is 37.6 Å². The second-order valence-corrected chi connectivity index (χ2v) is 13.6. The van der Waals surface area contributed by atoms with Crippen molar-refractivity contribution in [3.05, 3.63) is 0 Å². The molecule has 5 N–H and O–H groups in total. The molecule has 0 spiro atoms. The number of hydrogen-bond donors (Lipinski definition) is 3. The van der Waals surface area contributed by atoms with E-state index in [-0.39, 0.29) is 37.0 Å². The van der Waals surface area contributed by atoms with E-state index in [0.29, 0.717) is 130 Å². The average molecular weight is 753 g/mol. The number of likely N-dealkylation sites (N-methyl/N-ethyl adjacent to an activating group) is 1. The van der Waals surface area contributed by atoms with E-state index >= 15 is 0 Å². The van der Waals surface area contributed by atoms with Gasteiger partial charge in [-0.2, -0.15) is 0 Å². The number of nitrogens with two attached hydrogens (primary N) is 2. The van der Waals surface area contributed by atoms with Crippen molar-refractivity contribution in [1.29, 1.82) is 0 Å². The minimum absolute atomic E-state index is 0.0545. The molecule has 3 fully saturated rings. The zero-order valence-electron chi connectivity index (χ0n) is 26.7. The van der Waals surface area contributed by atoms with Crippen LogP contribution in [0, 0.1) is 0 Å². The van der Waals surface area contributed by atoms with Gasteiger partial charge in [0.2, 0.25) is 11.8 Å². The summed E-state index contributed by atoms with van der Waals surface area (Å²) in [6.07, 6.45) is 2.00. The van der Waals surface area contributed by atoms with Gasteiger partial charge in [-0.3, -0.25) is 40.7 Å². The number of carbonyl (C=O) groups is 4. The molecular formula is C28H53IN10O6. The Bertz CT molecular complexity index is 951. The molecule has 258 valence electrons. The Hall–Kier alpha value is -1.71. The van der Waals surface area contributed by atoms with Gasteiger partial charge in [0.05, 0.1) is 6.54 Å². The fourth-order valence-corrected chi connectivity index (χ4v) is 6.34. The lowest BCUT2D eigenvalue weighted by molar-refractivity contribution is -0.158. The van der Waals surface area contributed by atoms with Crippen LogP contribution >= 0.6 is 22.9 Å². The zero-order valence-corrected chi connectivity index (χ0v) is 28.9. The minimum atomic E-state index is -0.878. The number of halogens is 1. The van der Waals surface area contributed by atoms with E-state index in [4.69, 9.17) is 16.4 Å². The Morgan fingerprint density at radius 1 is 0.822 bits per heavy atom. The van der Waals surface area contributed by atoms with Crippen molar-refractivity contribution in [2.45, 2.75) is 31.8 Å². The van der Waals surface area contributed by atoms with Gasteiger partial charge >= 0.3 is 11.9 Å². The average Bonchev–Trinajstić information content (AvgIpc) is 2.97. The molecule has 2 amide bonds. The third-order valence-corrected chi connectivity index (χ3v) is 9.26. The molecule has 17 heteroatoms. The number of esters is 1. The molecule has 0 radical (unpaired) electrons. The molecule has 1 unspecified atom stereocenters. The summed E-state index contributed by atoms with van der Waals surface area (Å²) in [7, 11) is 1.91. The number of cyclic esters (lactones) is 1. The van der Waals surface area contributed by atoms with E-state index in [1.807, 2.05) is 44.6 Å². The predicted octanol–water partition coefficient (Wildman–Crippen LogP) is -2.22. The molecule has 0 aromatic rings. The smallest absolute Gasteiger partial charge is 0.320 e. The summed E-state index contributed by atoms with van der Waals surface area (Å²) < 4.78 is 7.40. The molecule has 45 heavy (non-hydrogen) atoms. The molecule has 0 aromatic carbocycles. The summed E-state index contributed by atoms with van der Waals surface area (Å²) in [6, 6.07) is 0. The van der Waals surface area contributed by atoms with E-state index < -0.39 is 5.97 Å². The van der Waals surface area contributed by atoms with Crippen LogP contribution in [-0.4, -0.2) is 197 Å².